The highest BCUT2D eigenvalue weighted by Gasteiger charge is 2.23. The first-order chi connectivity index (χ1) is 16.2. The highest BCUT2D eigenvalue weighted by molar-refractivity contribution is 7.92. The number of hydrogen-bond donors (Lipinski definition) is 0. The first kappa shape index (κ1) is 23.7. The molecule has 3 aromatic carbocycles. The van der Waals surface area contributed by atoms with Gasteiger partial charge in [0.2, 0.25) is 0 Å². The summed E-state index contributed by atoms with van der Waals surface area (Å²) >= 11 is 6.01. The fourth-order valence-corrected chi connectivity index (χ4v) is 5.05. The molecule has 1 heterocycles. The molecule has 0 fully saturated rings. The van der Waals surface area contributed by atoms with Crippen LogP contribution in [0.4, 0.5) is 5.69 Å². The van der Waals surface area contributed by atoms with Crippen LogP contribution in [0.1, 0.15) is 21.9 Å². The normalized spacial score (nSPS) is 11.4. The van der Waals surface area contributed by atoms with E-state index in [4.69, 9.17) is 11.6 Å². The molecule has 0 radical (unpaired) electrons. The van der Waals surface area contributed by atoms with E-state index in [9.17, 15) is 13.2 Å². The molecule has 0 aliphatic rings. The number of fused-ring (bicyclic) bond motifs is 1. The summed E-state index contributed by atoms with van der Waals surface area (Å²) in [5, 5.41) is 1.39. The van der Waals surface area contributed by atoms with Crippen LogP contribution in [0, 0.1) is 6.92 Å². The van der Waals surface area contributed by atoms with Crippen molar-refractivity contribution in [3.05, 3.63) is 94.9 Å². The van der Waals surface area contributed by atoms with Gasteiger partial charge in [0, 0.05) is 35.8 Å². The molecule has 0 bridgehead atoms. The topological polar surface area (TPSA) is 83.5 Å². The number of aromatic nitrogens is 2. The summed E-state index contributed by atoms with van der Waals surface area (Å²) in [6.07, 6.45) is 0. The summed E-state index contributed by atoms with van der Waals surface area (Å²) in [6, 6.07) is 20.2. The van der Waals surface area contributed by atoms with Gasteiger partial charge in [-0.25, -0.2) is 18.4 Å². The molecule has 1 aromatic heterocycles. The molecule has 4 aromatic rings. The number of halogens is 1. The van der Waals surface area contributed by atoms with Crippen molar-refractivity contribution in [2.45, 2.75) is 18.4 Å². The third-order valence-electron chi connectivity index (χ3n) is 5.48. The maximum absolute atomic E-state index is 13.2. The summed E-state index contributed by atoms with van der Waals surface area (Å²) in [6.45, 7) is 2.09. The molecule has 0 spiro atoms. The van der Waals surface area contributed by atoms with Crippen molar-refractivity contribution < 1.29 is 13.2 Å². The summed E-state index contributed by atoms with van der Waals surface area (Å²) in [5.41, 5.74) is 2.31. The third-order valence-corrected chi connectivity index (χ3v) is 7.49. The number of nitrogens with zero attached hydrogens (tertiary/aromatic N) is 4. The minimum Gasteiger partial charge on any atom is -0.334 e. The Morgan fingerprint density at radius 2 is 1.68 bits per heavy atom. The maximum Gasteiger partial charge on any atom is 0.264 e. The maximum atomic E-state index is 13.2. The van der Waals surface area contributed by atoms with E-state index in [0.717, 1.165) is 20.9 Å². The molecule has 0 unspecified atom stereocenters. The Balaban J connectivity index is 1.58. The quantitative estimate of drug-likeness (QED) is 0.388. The van der Waals surface area contributed by atoms with Crippen LogP contribution in [0.5, 0.6) is 0 Å². The van der Waals surface area contributed by atoms with Crippen LogP contribution in [0.15, 0.2) is 77.7 Å². The molecule has 0 aliphatic heterocycles. The standard InChI is InChI=1S/C25H23ClN4O3S/c1-17-22-12-4-5-13-23(22)28-24(27-17)16-29(2)25(31)18-8-6-11-21(14-18)34(32,33)30(3)20-10-7-9-19(26)15-20/h4-15H,16H2,1-3H3. The van der Waals surface area contributed by atoms with Gasteiger partial charge in [-0.15, -0.1) is 0 Å². The van der Waals surface area contributed by atoms with Crippen LogP contribution >= 0.6 is 11.6 Å². The zero-order valence-corrected chi connectivity index (χ0v) is 20.5. The lowest BCUT2D eigenvalue weighted by atomic mass is 10.2. The molecule has 0 saturated carbocycles. The molecular weight excluding hydrogens is 472 g/mol. The largest absolute Gasteiger partial charge is 0.334 e. The fraction of sp³-hybridized carbons (Fsp3) is 0.160. The number of carbonyl (C=O) groups is 1. The van der Waals surface area contributed by atoms with E-state index in [0.29, 0.717) is 16.5 Å². The van der Waals surface area contributed by atoms with Gasteiger partial charge in [0.15, 0.2) is 0 Å². The van der Waals surface area contributed by atoms with E-state index >= 15 is 0 Å². The number of aryl methyl sites for hydroxylation is 1. The second-order valence-electron chi connectivity index (χ2n) is 7.88. The number of benzene rings is 3. The van der Waals surface area contributed by atoms with Crippen LogP contribution in [-0.4, -0.2) is 43.3 Å². The van der Waals surface area contributed by atoms with E-state index in [2.05, 4.69) is 9.97 Å². The number of amides is 1. The number of rotatable bonds is 6. The Morgan fingerprint density at radius 3 is 2.44 bits per heavy atom. The first-order valence-electron chi connectivity index (χ1n) is 10.5. The van der Waals surface area contributed by atoms with Gasteiger partial charge in [-0.2, -0.15) is 0 Å². The van der Waals surface area contributed by atoms with Crippen molar-refractivity contribution in [1.82, 2.24) is 14.9 Å². The Labute approximate surface area is 203 Å². The predicted molar refractivity (Wildman–Crippen MR) is 134 cm³/mol. The first-order valence-corrected chi connectivity index (χ1v) is 12.3. The lowest BCUT2D eigenvalue weighted by molar-refractivity contribution is 0.0781. The molecule has 34 heavy (non-hydrogen) atoms. The summed E-state index contributed by atoms with van der Waals surface area (Å²) in [7, 11) is -0.820. The molecular formula is C25H23ClN4O3S. The number of anilines is 1. The summed E-state index contributed by atoms with van der Waals surface area (Å²) < 4.78 is 27.5. The summed E-state index contributed by atoms with van der Waals surface area (Å²) in [5.74, 6) is 0.174. The lowest BCUT2D eigenvalue weighted by Crippen LogP contribution is -2.29. The van der Waals surface area contributed by atoms with E-state index in [-0.39, 0.29) is 22.9 Å². The van der Waals surface area contributed by atoms with Crippen molar-refractivity contribution in [2.75, 3.05) is 18.4 Å². The molecule has 4 rings (SSSR count). The molecule has 0 N–H and O–H groups in total. The van der Waals surface area contributed by atoms with Gasteiger partial charge >= 0.3 is 0 Å². The van der Waals surface area contributed by atoms with Crippen LogP contribution in [0.2, 0.25) is 5.02 Å². The molecule has 174 valence electrons. The number of sulfonamides is 1. The Morgan fingerprint density at radius 1 is 0.941 bits per heavy atom. The second-order valence-corrected chi connectivity index (χ2v) is 10.3. The van der Waals surface area contributed by atoms with Crippen LogP contribution < -0.4 is 4.31 Å². The number of para-hydroxylation sites is 1. The minimum absolute atomic E-state index is 0.00650. The van der Waals surface area contributed by atoms with Crippen molar-refractivity contribution in [3.8, 4) is 0 Å². The van der Waals surface area contributed by atoms with Crippen LogP contribution in [0.25, 0.3) is 10.9 Å². The van der Waals surface area contributed by atoms with Gasteiger partial charge in [0.05, 0.1) is 22.6 Å². The molecule has 0 atom stereocenters. The molecule has 9 heteroatoms. The molecule has 0 aliphatic carbocycles. The Bertz CT molecular complexity index is 1490. The third kappa shape index (κ3) is 4.73. The monoisotopic (exact) mass is 494 g/mol. The van der Waals surface area contributed by atoms with Gasteiger partial charge < -0.3 is 4.90 Å². The van der Waals surface area contributed by atoms with Gasteiger partial charge in [-0.1, -0.05) is 41.9 Å². The van der Waals surface area contributed by atoms with Crippen molar-refractivity contribution >= 4 is 44.1 Å². The van der Waals surface area contributed by atoms with Gasteiger partial charge in [0.25, 0.3) is 15.9 Å². The highest BCUT2D eigenvalue weighted by Crippen LogP contribution is 2.25. The second kappa shape index (κ2) is 9.40. The van der Waals surface area contributed by atoms with E-state index in [1.165, 1.54) is 24.1 Å². The molecule has 7 nitrogen and oxygen atoms in total. The number of carbonyl (C=O) groups excluding carboxylic acids is 1. The lowest BCUT2D eigenvalue weighted by Gasteiger charge is -2.21. The van der Waals surface area contributed by atoms with Gasteiger partial charge in [-0.05, 0) is 49.4 Å². The smallest absolute Gasteiger partial charge is 0.264 e. The Kier molecular flexibility index (Phi) is 6.54. The van der Waals surface area contributed by atoms with E-state index < -0.39 is 10.0 Å². The predicted octanol–water partition coefficient (Wildman–Crippen LogP) is 4.69. The zero-order valence-electron chi connectivity index (χ0n) is 18.9. The van der Waals surface area contributed by atoms with E-state index in [1.807, 2.05) is 31.2 Å². The van der Waals surface area contributed by atoms with Gasteiger partial charge in [-0.3, -0.25) is 9.10 Å². The minimum atomic E-state index is -3.90. The average molecular weight is 495 g/mol. The molecule has 0 saturated heterocycles. The fourth-order valence-electron chi connectivity index (χ4n) is 3.63. The SMILES string of the molecule is Cc1nc(CN(C)C(=O)c2cccc(S(=O)(=O)N(C)c3cccc(Cl)c3)c2)nc2ccccc12. The zero-order chi connectivity index (χ0) is 24.5. The Hall–Kier alpha value is -3.49. The van der Waals surface area contributed by atoms with Crippen LogP contribution in [-0.2, 0) is 16.6 Å². The summed E-state index contributed by atoms with van der Waals surface area (Å²) in [4.78, 5) is 23.7. The van der Waals surface area contributed by atoms with Gasteiger partial charge in [0.1, 0.15) is 5.82 Å². The number of hydrogen-bond acceptors (Lipinski definition) is 5. The average Bonchev–Trinajstić information content (AvgIpc) is 2.83. The van der Waals surface area contributed by atoms with Crippen molar-refractivity contribution in [2.24, 2.45) is 0 Å². The van der Waals surface area contributed by atoms with E-state index in [1.54, 1.807) is 43.4 Å². The molecule has 1 amide bonds. The highest BCUT2D eigenvalue weighted by atomic mass is 35.5. The van der Waals surface area contributed by atoms with Crippen LogP contribution in [0.3, 0.4) is 0 Å². The van der Waals surface area contributed by atoms with Crippen molar-refractivity contribution in [1.29, 1.82) is 0 Å². The van der Waals surface area contributed by atoms with Crippen molar-refractivity contribution in [3.63, 3.8) is 0 Å².